The van der Waals surface area contributed by atoms with E-state index >= 15 is 0 Å². The number of methoxy groups -OCH3 is 2. The number of carbonyl (C=O) groups is 1. The highest BCUT2D eigenvalue weighted by molar-refractivity contribution is 9.10. The average Bonchev–Trinajstić information content (AvgIpc) is 2.57. The zero-order chi connectivity index (χ0) is 17.9. The Kier molecular flexibility index (Phi) is 5.54. The summed E-state index contributed by atoms with van der Waals surface area (Å²) in [4.78, 5) is 12.8. The predicted octanol–water partition coefficient (Wildman–Crippen LogP) is 4.69. The molecule has 0 saturated heterocycles. The molecule has 0 saturated carbocycles. The van der Waals surface area contributed by atoms with Crippen LogP contribution in [0.5, 0.6) is 11.5 Å². The summed E-state index contributed by atoms with van der Waals surface area (Å²) in [5.41, 5.74) is 1.97. The van der Waals surface area contributed by atoms with E-state index in [2.05, 4.69) is 21.2 Å². The highest BCUT2D eigenvalue weighted by Gasteiger charge is 2.31. The normalized spacial score (nSPS) is 11.1. The zero-order valence-electron chi connectivity index (χ0n) is 14.6. The van der Waals surface area contributed by atoms with Crippen molar-refractivity contribution in [3.8, 4) is 11.5 Å². The highest BCUT2D eigenvalue weighted by Crippen LogP contribution is 2.34. The highest BCUT2D eigenvalue weighted by atomic mass is 79.9. The number of amides is 1. The molecule has 0 aromatic heterocycles. The van der Waals surface area contributed by atoms with Gasteiger partial charge < -0.3 is 14.8 Å². The van der Waals surface area contributed by atoms with Gasteiger partial charge in [-0.2, -0.15) is 0 Å². The molecule has 2 aromatic rings. The van der Waals surface area contributed by atoms with E-state index in [0.717, 1.165) is 21.3 Å². The molecule has 5 heteroatoms. The summed E-state index contributed by atoms with van der Waals surface area (Å²) < 4.78 is 11.6. The van der Waals surface area contributed by atoms with Crippen molar-refractivity contribution in [2.45, 2.75) is 26.2 Å². The molecular formula is C19H22BrNO3. The number of rotatable bonds is 5. The van der Waals surface area contributed by atoms with Crippen LogP contribution in [0.3, 0.4) is 0 Å². The number of nitrogens with one attached hydrogen (secondary N) is 1. The fourth-order valence-corrected chi connectivity index (χ4v) is 2.61. The summed E-state index contributed by atoms with van der Waals surface area (Å²) >= 11 is 3.46. The minimum Gasteiger partial charge on any atom is -0.493 e. The molecule has 4 nitrogen and oxygen atoms in total. The molecule has 0 aliphatic heterocycles. The summed E-state index contributed by atoms with van der Waals surface area (Å²) in [6.45, 7) is 5.75. The second-order valence-electron chi connectivity index (χ2n) is 6.11. The molecule has 1 amide bonds. The van der Waals surface area contributed by atoms with Gasteiger partial charge in [-0.3, -0.25) is 4.79 Å². The number of hydrogen-bond donors (Lipinski definition) is 1. The molecule has 24 heavy (non-hydrogen) atoms. The number of ether oxygens (including phenoxy) is 2. The van der Waals surface area contributed by atoms with Crippen LogP contribution < -0.4 is 14.8 Å². The first-order valence-electron chi connectivity index (χ1n) is 7.59. The summed E-state index contributed by atoms with van der Waals surface area (Å²) in [5, 5.41) is 2.98. The maximum Gasteiger partial charge on any atom is 0.234 e. The van der Waals surface area contributed by atoms with E-state index in [9.17, 15) is 4.79 Å². The fraction of sp³-hybridized carbons (Fsp3) is 0.316. The molecule has 128 valence electrons. The third-order valence-corrected chi connectivity index (χ3v) is 4.98. The minimum absolute atomic E-state index is 0.0866. The molecule has 0 radical (unpaired) electrons. The van der Waals surface area contributed by atoms with Crippen molar-refractivity contribution in [2.24, 2.45) is 0 Å². The van der Waals surface area contributed by atoms with E-state index in [1.54, 1.807) is 14.2 Å². The lowest BCUT2D eigenvalue weighted by Crippen LogP contribution is -2.34. The van der Waals surface area contributed by atoms with E-state index < -0.39 is 5.41 Å². The van der Waals surface area contributed by atoms with Gasteiger partial charge >= 0.3 is 0 Å². The van der Waals surface area contributed by atoms with Crippen LogP contribution in [0, 0.1) is 6.92 Å². The molecule has 0 spiro atoms. The van der Waals surface area contributed by atoms with E-state index in [4.69, 9.17) is 9.47 Å². The zero-order valence-corrected chi connectivity index (χ0v) is 16.2. The van der Waals surface area contributed by atoms with Crippen LogP contribution in [0.4, 0.5) is 5.69 Å². The lowest BCUT2D eigenvalue weighted by molar-refractivity contribution is -0.120. The van der Waals surface area contributed by atoms with Crippen molar-refractivity contribution in [1.82, 2.24) is 0 Å². The molecule has 0 aliphatic carbocycles. The first-order valence-corrected chi connectivity index (χ1v) is 8.39. The van der Waals surface area contributed by atoms with Crippen LogP contribution in [-0.2, 0) is 10.2 Å². The van der Waals surface area contributed by atoms with Crippen LogP contribution in [0.15, 0.2) is 40.9 Å². The Morgan fingerprint density at radius 1 is 1.04 bits per heavy atom. The van der Waals surface area contributed by atoms with E-state index in [1.165, 1.54) is 0 Å². The summed E-state index contributed by atoms with van der Waals surface area (Å²) in [5.74, 6) is 1.16. The summed E-state index contributed by atoms with van der Waals surface area (Å²) in [6.07, 6.45) is 0. The molecule has 2 rings (SSSR count). The van der Waals surface area contributed by atoms with Gasteiger partial charge in [0.05, 0.1) is 19.6 Å². The Balaban J connectivity index is 2.28. The second-order valence-corrected chi connectivity index (χ2v) is 6.97. The SMILES string of the molecule is COc1ccc(C(C)(C)C(=O)Nc2ccc(Br)c(C)c2)cc1OC. The smallest absolute Gasteiger partial charge is 0.234 e. The number of hydrogen-bond acceptors (Lipinski definition) is 3. The lowest BCUT2D eigenvalue weighted by Gasteiger charge is -2.25. The Morgan fingerprint density at radius 2 is 1.71 bits per heavy atom. The fourth-order valence-electron chi connectivity index (χ4n) is 2.37. The van der Waals surface area contributed by atoms with E-state index in [1.807, 2.05) is 57.2 Å². The van der Waals surface area contributed by atoms with Crippen molar-refractivity contribution in [3.63, 3.8) is 0 Å². The first kappa shape index (κ1) is 18.3. The third kappa shape index (κ3) is 3.73. The monoisotopic (exact) mass is 391 g/mol. The maximum absolute atomic E-state index is 12.8. The Morgan fingerprint density at radius 3 is 2.29 bits per heavy atom. The Labute approximate surface area is 151 Å². The van der Waals surface area contributed by atoms with Crippen molar-refractivity contribution >= 4 is 27.5 Å². The molecule has 0 aliphatic rings. The minimum atomic E-state index is -0.722. The maximum atomic E-state index is 12.8. The largest absolute Gasteiger partial charge is 0.493 e. The van der Waals surface area contributed by atoms with Gasteiger partial charge in [0.1, 0.15) is 0 Å². The van der Waals surface area contributed by atoms with Crippen molar-refractivity contribution in [2.75, 3.05) is 19.5 Å². The summed E-state index contributed by atoms with van der Waals surface area (Å²) in [7, 11) is 3.17. The Hall–Kier alpha value is -2.01. The van der Waals surface area contributed by atoms with Gasteiger partial charge in [-0.05, 0) is 62.2 Å². The van der Waals surface area contributed by atoms with Gasteiger partial charge in [-0.1, -0.05) is 22.0 Å². The average molecular weight is 392 g/mol. The number of halogens is 1. The second kappa shape index (κ2) is 7.26. The molecule has 0 heterocycles. The number of benzene rings is 2. The van der Waals surface area contributed by atoms with Crippen molar-refractivity contribution in [1.29, 1.82) is 0 Å². The third-order valence-electron chi connectivity index (χ3n) is 4.09. The van der Waals surface area contributed by atoms with Crippen LogP contribution in [0.1, 0.15) is 25.0 Å². The topological polar surface area (TPSA) is 47.6 Å². The van der Waals surface area contributed by atoms with E-state index in [-0.39, 0.29) is 5.91 Å². The molecule has 2 aromatic carbocycles. The van der Waals surface area contributed by atoms with Crippen LogP contribution in [-0.4, -0.2) is 20.1 Å². The van der Waals surface area contributed by atoms with E-state index in [0.29, 0.717) is 11.5 Å². The molecular weight excluding hydrogens is 370 g/mol. The van der Waals surface area contributed by atoms with Crippen LogP contribution in [0.25, 0.3) is 0 Å². The molecule has 0 fully saturated rings. The van der Waals surface area contributed by atoms with Gasteiger partial charge in [-0.25, -0.2) is 0 Å². The molecule has 1 N–H and O–H groups in total. The lowest BCUT2D eigenvalue weighted by atomic mass is 9.83. The number of aryl methyl sites for hydroxylation is 1. The molecule has 0 unspecified atom stereocenters. The van der Waals surface area contributed by atoms with Crippen LogP contribution in [0.2, 0.25) is 0 Å². The van der Waals surface area contributed by atoms with Crippen molar-refractivity contribution in [3.05, 3.63) is 52.0 Å². The number of anilines is 1. The van der Waals surface area contributed by atoms with Crippen LogP contribution >= 0.6 is 15.9 Å². The first-order chi connectivity index (χ1) is 11.3. The van der Waals surface area contributed by atoms with Gasteiger partial charge in [0.15, 0.2) is 11.5 Å². The van der Waals surface area contributed by atoms with Crippen molar-refractivity contribution < 1.29 is 14.3 Å². The van der Waals surface area contributed by atoms with Gasteiger partial charge in [0.2, 0.25) is 5.91 Å². The molecule has 0 bridgehead atoms. The molecule has 0 atom stereocenters. The van der Waals surface area contributed by atoms with Gasteiger partial charge in [0, 0.05) is 10.2 Å². The predicted molar refractivity (Wildman–Crippen MR) is 100 cm³/mol. The quantitative estimate of drug-likeness (QED) is 0.803. The van der Waals surface area contributed by atoms with Gasteiger partial charge in [-0.15, -0.1) is 0 Å². The number of carbonyl (C=O) groups excluding carboxylic acids is 1. The van der Waals surface area contributed by atoms with Gasteiger partial charge in [0.25, 0.3) is 0 Å². The Bertz CT molecular complexity index is 756. The summed E-state index contributed by atoms with van der Waals surface area (Å²) in [6, 6.07) is 11.3. The standard InChI is InChI=1S/C19H22BrNO3/c1-12-10-14(7-8-15(12)20)21-18(22)19(2,3)13-6-9-16(23-4)17(11-13)24-5/h6-11H,1-5H3,(H,21,22).